The molecule has 2 N–H and O–H groups in total. The van der Waals surface area contributed by atoms with Crippen LogP contribution in [0.3, 0.4) is 0 Å². The van der Waals surface area contributed by atoms with Crippen LogP contribution in [0.4, 0.5) is 5.69 Å². The van der Waals surface area contributed by atoms with Crippen molar-refractivity contribution in [1.29, 1.82) is 0 Å². The van der Waals surface area contributed by atoms with Crippen molar-refractivity contribution < 1.29 is 4.79 Å². The number of Topliss-reactive ketones (excluding diaryl/α,β-unsaturated/α-hetero) is 1. The van der Waals surface area contributed by atoms with Gasteiger partial charge >= 0.3 is 0 Å². The Hall–Kier alpha value is -1.80. The molecule has 1 aliphatic rings. The maximum Gasteiger partial charge on any atom is 0.147 e. The first-order chi connectivity index (χ1) is 10.0. The molecular formula is C18H18ClNO. The van der Waals surface area contributed by atoms with Crippen molar-refractivity contribution in [2.24, 2.45) is 0 Å². The Morgan fingerprint density at radius 3 is 2.43 bits per heavy atom. The molecule has 2 aromatic rings. The lowest BCUT2D eigenvalue weighted by molar-refractivity contribution is -0.120. The minimum Gasteiger partial charge on any atom is -0.399 e. The summed E-state index contributed by atoms with van der Waals surface area (Å²) < 4.78 is 0. The number of halogens is 1. The van der Waals surface area contributed by atoms with E-state index in [-0.39, 0.29) is 11.2 Å². The van der Waals surface area contributed by atoms with E-state index in [4.69, 9.17) is 17.3 Å². The molecule has 0 amide bonds. The number of anilines is 1. The van der Waals surface area contributed by atoms with Gasteiger partial charge in [0, 0.05) is 17.1 Å². The Bertz CT molecular complexity index is 687. The van der Waals surface area contributed by atoms with Gasteiger partial charge in [-0.3, -0.25) is 4.79 Å². The van der Waals surface area contributed by atoms with Crippen molar-refractivity contribution in [3.05, 3.63) is 64.2 Å². The number of carbonyl (C=O) groups excluding carboxylic acids is 1. The maximum absolute atomic E-state index is 12.7. The topological polar surface area (TPSA) is 43.1 Å². The summed E-state index contributed by atoms with van der Waals surface area (Å²) >= 11 is 6.24. The molecule has 0 bridgehead atoms. The first kappa shape index (κ1) is 14.2. The molecule has 0 spiro atoms. The van der Waals surface area contributed by atoms with E-state index in [0.29, 0.717) is 11.4 Å². The molecule has 0 saturated heterocycles. The summed E-state index contributed by atoms with van der Waals surface area (Å²) in [6, 6.07) is 13.5. The van der Waals surface area contributed by atoms with Crippen molar-refractivity contribution >= 4 is 23.1 Å². The number of ketones is 1. The lowest BCUT2D eigenvalue weighted by Crippen LogP contribution is -2.22. The molecule has 2 aromatic carbocycles. The molecule has 1 saturated carbocycles. The lowest BCUT2D eigenvalue weighted by Gasteiger charge is -2.15. The van der Waals surface area contributed by atoms with Gasteiger partial charge in [-0.2, -0.15) is 0 Å². The van der Waals surface area contributed by atoms with Gasteiger partial charge in [-0.05, 0) is 54.7 Å². The Morgan fingerprint density at radius 1 is 1.19 bits per heavy atom. The molecule has 0 atom stereocenters. The molecule has 0 aromatic heterocycles. The predicted octanol–water partition coefficient (Wildman–Crippen LogP) is 4.07. The molecule has 0 radical (unpaired) electrons. The monoisotopic (exact) mass is 299 g/mol. The van der Waals surface area contributed by atoms with E-state index in [1.165, 1.54) is 0 Å². The molecule has 0 heterocycles. The highest BCUT2D eigenvalue weighted by Crippen LogP contribution is 2.49. The SMILES string of the molecule is Cc1ccc(CC(=O)C2(c3ccc(N)cc3)CC2)c(Cl)c1. The van der Waals surface area contributed by atoms with Crippen molar-refractivity contribution in [3.63, 3.8) is 0 Å². The average molecular weight is 300 g/mol. The first-order valence-corrected chi connectivity index (χ1v) is 7.53. The minimum atomic E-state index is -0.318. The number of nitrogens with two attached hydrogens (primary N) is 1. The number of hydrogen-bond donors (Lipinski definition) is 1. The molecule has 0 aliphatic heterocycles. The van der Waals surface area contributed by atoms with Gasteiger partial charge in [0.05, 0.1) is 5.41 Å². The fraction of sp³-hybridized carbons (Fsp3) is 0.278. The van der Waals surface area contributed by atoms with Gasteiger partial charge in [0.1, 0.15) is 5.78 Å². The fourth-order valence-corrected chi connectivity index (χ4v) is 3.10. The number of benzene rings is 2. The number of aryl methyl sites for hydroxylation is 1. The third-order valence-electron chi connectivity index (χ3n) is 4.31. The normalized spacial score (nSPS) is 15.7. The molecule has 3 rings (SSSR count). The Labute approximate surface area is 129 Å². The zero-order valence-corrected chi connectivity index (χ0v) is 12.8. The summed E-state index contributed by atoms with van der Waals surface area (Å²) in [6.45, 7) is 1.99. The second-order valence-corrected chi connectivity index (χ2v) is 6.31. The molecule has 108 valence electrons. The average Bonchev–Trinajstić information content (AvgIpc) is 3.24. The number of carbonyl (C=O) groups is 1. The Balaban J connectivity index is 1.83. The van der Waals surface area contributed by atoms with Gasteiger partial charge in [-0.15, -0.1) is 0 Å². The standard InChI is InChI=1S/C18H18ClNO/c1-12-2-3-13(16(19)10-12)11-17(21)18(8-9-18)14-4-6-15(20)7-5-14/h2-7,10H,8-9,11,20H2,1H3. The van der Waals surface area contributed by atoms with Gasteiger partial charge in [0.15, 0.2) is 0 Å². The van der Waals surface area contributed by atoms with Crippen LogP contribution in [0.1, 0.15) is 29.5 Å². The molecule has 0 unspecified atom stereocenters. The summed E-state index contributed by atoms with van der Waals surface area (Å²) in [7, 11) is 0. The highest BCUT2D eigenvalue weighted by atomic mass is 35.5. The van der Waals surface area contributed by atoms with Crippen LogP contribution >= 0.6 is 11.6 Å². The molecule has 1 aliphatic carbocycles. The number of rotatable bonds is 4. The third-order valence-corrected chi connectivity index (χ3v) is 4.66. The van der Waals surface area contributed by atoms with Crippen LogP contribution in [0, 0.1) is 6.92 Å². The van der Waals surface area contributed by atoms with E-state index in [1.54, 1.807) is 0 Å². The lowest BCUT2D eigenvalue weighted by atomic mass is 9.88. The van der Waals surface area contributed by atoms with Crippen LogP contribution in [0.5, 0.6) is 0 Å². The van der Waals surface area contributed by atoms with E-state index >= 15 is 0 Å². The van der Waals surface area contributed by atoms with Gasteiger partial charge in [0.2, 0.25) is 0 Å². The summed E-state index contributed by atoms with van der Waals surface area (Å²) in [4.78, 5) is 12.7. The predicted molar refractivity (Wildman–Crippen MR) is 86.7 cm³/mol. The first-order valence-electron chi connectivity index (χ1n) is 7.16. The van der Waals surface area contributed by atoms with Crippen LogP contribution in [-0.2, 0) is 16.6 Å². The zero-order valence-electron chi connectivity index (χ0n) is 12.0. The number of nitrogen functional groups attached to an aromatic ring is 1. The molecule has 2 nitrogen and oxygen atoms in total. The maximum atomic E-state index is 12.7. The van der Waals surface area contributed by atoms with Gasteiger partial charge in [-0.1, -0.05) is 35.9 Å². The van der Waals surface area contributed by atoms with Crippen molar-refractivity contribution in [2.45, 2.75) is 31.6 Å². The van der Waals surface area contributed by atoms with E-state index in [1.807, 2.05) is 49.4 Å². The van der Waals surface area contributed by atoms with E-state index in [2.05, 4.69) is 0 Å². The van der Waals surface area contributed by atoms with Crippen molar-refractivity contribution in [3.8, 4) is 0 Å². The second kappa shape index (κ2) is 5.19. The summed E-state index contributed by atoms with van der Waals surface area (Å²) in [6.07, 6.45) is 2.22. The largest absolute Gasteiger partial charge is 0.399 e. The quantitative estimate of drug-likeness (QED) is 0.865. The fourth-order valence-electron chi connectivity index (χ4n) is 2.79. The summed E-state index contributed by atoms with van der Waals surface area (Å²) in [5.41, 5.74) is 9.22. The van der Waals surface area contributed by atoms with Crippen LogP contribution in [0.2, 0.25) is 5.02 Å². The van der Waals surface area contributed by atoms with Crippen molar-refractivity contribution in [2.75, 3.05) is 5.73 Å². The molecule has 21 heavy (non-hydrogen) atoms. The molecular weight excluding hydrogens is 282 g/mol. The minimum absolute atomic E-state index is 0.248. The van der Waals surface area contributed by atoms with E-state index in [0.717, 1.165) is 35.2 Å². The summed E-state index contributed by atoms with van der Waals surface area (Å²) in [5, 5.41) is 0.677. The van der Waals surface area contributed by atoms with Crippen molar-refractivity contribution in [1.82, 2.24) is 0 Å². The van der Waals surface area contributed by atoms with Gasteiger partial charge in [0.25, 0.3) is 0 Å². The smallest absolute Gasteiger partial charge is 0.147 e. The van der Waals surface area contributed by atoms with E-state index < -0.39 is 0 Å². The van der Waals surface area contributed by atoms with Gasteiger partial charge in [-0.25, -0.2) is 0 Å². The molecule has 1 fully saturated rings. The number of hydrogen-bond acceptors (Lipinski definition) is 2. The highest BCUT2D eigenvalue weighted by Gasteiger charge is 2.50. The highest BCUT2D eigenvalue weighted by molar-refractivity contribution is 6.31. The van der Waals surface area contributed by atoms with E-state index in [9.17, 15) is 4.79 Å². The Morgan fingerprint density at radius 2 is 1.86 bits per heavy atom. The Kier molecular flexibility index (Phi) is 3.50. The van der Waals surface area contributed by atoms with Crippen LogP contribution in [0.25, 0.3) is 0 Å². The zero-order chi connectivity index (χ0) is 15.0. The summed E-state index contributed by atoms with van der Waals surface area (Å²) in [5.74, 6) is 0.248. The van der Waals surface area contributed by atoms with Crippen LogP contribution in [-0.4, -0.2) is 5.78 Å². The van der Waals surface area contributed by atoms with Gasteiger partial charge < -0.3 is 5.73 Å². The second-order valence-electron chi connectivity index (χ2n) is 5.90. The van der Waals surface area contributed by atoms with Crippen LogP contribution in [0.15, 0.2) is 42.5 Å². The molecule has 3 heteroatoms. The van der Waals surface area contributed by atoms with Crippen LogP contribution < -0.4 is 5.73 Å². The third kappa shape index (κ3) is 2.68.